The van der Waals surface area contributed by atoms with Gasteiger partial charge in [-0.05, 0) is 23.9 Å². The number of halogens is 5. The third kappa shape index (κ3) is 4.73. The molecule has 1 aliphatic rings. The SMILES string of the molecule is O=C(/C=C/c1ccccc1)NC(=S)N1CCN(c2c(F)c(F)c(Cl)c(F)c2F)CC1. The fourth-order valence-corrected chi connectivity index (χ4v) is 3.42. The number of benzene rings is 2. The zero-order chi connectivity index (χ0) is 21.8. The summed E-state index contributed by atoms with van der Waals surface area (Å²) in [6.07, 6.45) is 2.97. The highest BCUT2D eigenvalue weighted by Crippen LogP contribution is 2.33. The van der Waals surface area contributed by atoms with Gasteiger partial charge in [0.25, 0.3) is 0 Å². The van der Waals surface area contributed by atoms with Crippen molar-refractivity contribution in [2.24, 2.45) is 0 Å². The van der Waals surface area contributed by atoms with Gasteiger partial charge in [-0.1, -0.05) is 41.9 Å². The zero-order valence-corrected chi connectivity index (χ0v) is 17.0. The summed E-state index contributed by atoms with van der Waals surface area (Å²) in [6, 6.07) is 9.21. The van der Waals surface area contributed by atoms with Crippen LogP contribution in [0.3, 0.4) is 0 Å². The van der Waals surface area contributed by atoms with E-state index in [1.165, 1.54) is 11.0 Å². The van der Waals surface area contributed by atoms with E-state index in [1.807, 2.05) is 30.3 Å². The summed E-state index contributed by atoms with van der Waals surface area (Å²) in [7, 11) is 0. The highest BCUT2D eigenvalue weighted by molar-refractivity contribution is 7.80. The molecular weight excluding hydrogens is 442 g/mol. The van der Waals surface area contributed by atoms with Crippen molar-refractivity contribution in [3.63, 3.8) is 0 Å². The third-order valence-electron chi connectivity index (χ3n) is 4.53. The Kier molecular flexibility index (Phi) is 6.94. The van der Waals surface area contributed by atoms with E-state index >= 15 is 0 Å². The van der Waals surface area contributed by atoms with Crippen LogP contribution >= 0.6 is 23.8 Å². The van der Waals surface area contributed by atoms with Crippen LogP contribution in [-0.2, 0) is 4.79 Å². The standard InChI is InChI=1S/C20H16ClF4N3OS/c21-14-15(22)17(24)19(18(25)16(14)23)27-8-10-28(11-9-27)20(30)26-13(29)7-6-12-4-2-1-3-5-12/h1-7H,8-11H2,(H,26,29,30)/b7-6+. The minimum atomic E-state index is -1.64. The predicted octanol–water partition coefficient (Wildman–Crippen LogP) is 4.13. The van der Waals surface area contributed by atoms with Gasteiger partial charge in [-0.15, -0.1) is 0 Å². The Hall–Kier alpha value is -2.65. The molecule has 2 aromatic carbocycles. The van der Waals surface area contributed by atoms with Crippen molar-refractivity contribution in [3.8, 4) is 0 Å². The van der Waals surface area contributed by atoms with Crippen LogP contribution in [0.15, 0.2) is 36.4 Å². The summed E-state index contributed by atoms with van der Waals surface area (Å²) in [5.74, 6) is -6.80. The fraction of sp³-hybridized carbons (Fsp3) is 0.200. The van der Waals surface area contributed by atoms with E-state index in [0.717, 1.165) is 5.56 Å². The molecule has 4 nitrogen and oxygen atoms in total. The van der Waals surface area contributed by atoms with E-state index in [1.54, 1.807) is 11.0 Å². The number of thiocarbonyl (C=S) groups is 1. The highest BCUT2D eigenvalue weighted by atomic mass is 35.5. The van der Waals surface area contributed by atoms with E-state index < -0.39 is 39.9 Å². The van der Waals surface area contributed by atoms with E-state index in [0.29, 0.717) is 0 Å². The molecule has 10 heteroatoms. The van der Waals surface area contributed by atoms with Crippen LogP contribution in [-0.4, -0.2) is 42.1 Å². The number of hydrogen-bond acceptors (Lipinski definition) is 3. The van der Waals surface area contributed by atoms with Crippen LogP contribution in [0.5, 0.6) is 0 Å². The van der Waals surface area contributed by atoms with Crippen LogP contribution < -0.4 is 10.2 Å². The Labute approximate surface area is 180 Å². The Balaban J connectivity index is 1.60. The molecule has 1 heterocycles. The quantitative estimate of drug-likeness (QED) is 0.247. The molecule has 0 aliphatic carbocycles. The Morgan fingerprint density at radius 2 is 1.53 bits per heavy atom. The average Bonchev–Trinajstić information content (AvgIpc) is 2.76. The number of rotatable bonds is 3. The van der Waals surface area contributed by atoms with Gasteiger partial charge in [0.1, 0.15) is 10.7 Å². The third-order valence-corrected chi connectivity index (χ3v) is 5.22. The smallest absolute Gasteiger partial charge is 0.250 e. The van der Waals surface area contributed by atoms with Crippen LogP contribution in [0, 0.1) is 23.3 Å². The molecule has 30 heavy (non-hydrogen) atoms. The lowest BCUT2D eigenvalue weighted by atomic mass is 10.2. The number of nitrogens with zero attached hydrogens (tertiary/aromatic N) is 2. The van der Waals surface area contributed by atoms with Crippen molar-refractivity contribution in [2.45, 2.75) is 0 Å². The maximum absolute atomic E-state index is 14.1. The van der Waals surface area contributed by atoms with Crippen molar-refractivity contribution < 1.29 is 22.4 Å². The minimum Gasteiger partial charge on any atom is -0.363 e. The number of hydrogen-bond donors (Lipinski definition) is 1. The fourth-order valence-electron chi connectivity index (χ4n) is 2.97. The summed E-state index contributed by atoms with van der Waals surface area (Å²) in [5, 5.41) is 1.47. The number of carbonyl (C=O) groups is 1. The van der Waals surface area contributed by atoms with Gasteiger partial charge in [0.15, 0.2) is 28.4 Å². The van der Waals surface area contributed by atoms with Crippen molar-refractivity contribution in [3.05, 3.63) is 70.3 Å². The predicted molar refractivity (Wildman–Crippen MR) is 111 cm³/mol. The van der Waals surface area contributed by atoms with Crippen LogP contribution in [0.25, 0.3) is 6.08 Å². The molecule has 0 aromatic heterocycles. The first-order valence-electron chi connectivity index (χ1n) is 8.89. The molecule has 1 N–H and O–H groups in total. The number of piperazine rings is 1. The molecular formula is C20H16ClF4N3OS. The first kappa shape index (κ1) is 22.0. The van der Waals surface area contributed by atoms with Crippen LogP contribution in [0.2, 0.25) is 5.02 Å². The number of amides is 1. The summed E-state index contributed by atoms with van der Waals surface area (Å²) in [5.41, 5.74) is 0.0356. The Bertz CT molecular complexity index is 966. The minimum absolute atomic E-state index is 0.0320. The number of carbonyl (C=O) groups excluding carboxylic acids is 1. The largest absolute Gasteiger partial charge is 0.363 e. The maximum atomic E-state index is 14.1. The van der Waals surface area contributed by atoms with Gasteiger partial charge in [0, 0.05) is 32.3 Å². The molecule has 2 aromatic rings. The van der Waals surface area contributed by atoms with Gasteiger partial charge in [0.05, 0.1) is 0 Å². The lowest BCUT2D eigenvalue weighted by Crippen LogP contribution is -2.53. The maximum Gasteiger partial charge on any atom is 0.250 e. The van der Waals surface area contributed by atoms with Gasteiger partial charge in [-0.2, -0.15) is 0 Å². The van der Waals surface area contributed by atoms with Crippen molar-refractivity contribution in [2.75, 3.05) is 31.1 Å². The first-order valence-corrected chi connectivity index (χ1v) is 9.67. The molecule has 0 unspecified atom stereocenters. The zero-order valence-electron chi connectivity index (χ0n) is 15.5. The normalized spacial score (nSPS) is 14.3. The second-order valence-corrected chi connectivity index (χ2v) is 7.20. The molecule has 1 saturated heterocycles. The molecule has 0 bridgehead atoms. The second kappa shape index (κ2) is 9.44. The topological polar surface area (TPSA) is 35.6 Å². The summed E-state index contributed by atoms with van der Waals surface area (Å²) >= 11 is 10.5. The highest BCUT2D eigenvalue weighted by Gasteiger charge is 2.30. The van der Waals surface area contributed by atoms with Gasteiger partial charge in [-0.3, -0.25) is 10.1 Å². The van der Waals surface area contributed by atoms with Crippen LogP contribution in [0.4, 0.5) is 23.2 Å². The van der Waals surface area contributed by atoms with Crippen molar-refractivity contribution >= 4 is 46.6 Å². The Morgan fingerprint density at radius 1 is 0.967 bits per heavy atom. The molecule has 1 aliphatic heterocycles. The summed E-state index contributed by atoms with van der Waals surface area (Å²) < 4.78 is 55.7. The molecule has 1 amide bonds. The summed E-state index contributed by atoms with van der Waals surface area (Å²) in [6.45, 7) is 0.437. The Morgan fingerprint density at radius 3 is 2.10 bits per heavy atom. The van der Waals surface area contributed by atoms with Gasteiger partial charge in [0.2, 0.25) is 5.91 Å². The molecule has 1 fully saturated rings. The average molecular weight is 458 g/mol. The number of nitrogens with one attached hydrogen (secondary N) is 1. The van der Waals surface area contributed by atoms with E-state index in [2.05, 4.69) is 5.32 Å². The molecule has 0 spiro atoms. The second-order valence-electron chi connectivity index (χ2n) is 6.43. The van der Waals surface area contributed by atoms with Gasteiger partial charge in [-0.25, -0.2) is 17.6 Å². The molecule has 158 valence electrons. The first-order chi connectivity index (χ1) is 14.3. The van der Waals surface area contributed by atoms with Gasteiger partial charge >= 0.3 is 0 Å². The van der Waals surface area contributed by atoms with Crippen molar-refractivity contribution in [1.82, 2.24) is 10.2 Å². The molecule has 0 atom stereocenters. The number of anilines is 1. The van der Waals surface area contributed by atoms with E-state index in [4.69, 9.17) is 23.8 Å². The molecule has 0 radical (unpaired) electrons. The van der Waals surface area contributed by atoms with Crippen LogP contribution in [0.1, 0.15) is 5.56 Å². The summed E-state index contributed by atoms with van der Waals surface area (Å²) in [4.78, 5) is 14.8. The van der Waals surface area contributed by atoms with Crippen molar-refractivity contribution in [1.29, 1.82) is 0 Å². The van der Waals surface area contributed by atoms with Gasteiger partial charge < -0.3 is 9.80 Å². The lowest BCUT2D eigenvalue weighted by molar-refractivity contribution is -0.115. The monoisotopic (exact) mass is 457 g/mol. The molecule has 3 rings (SSSR count). The van der Waals surface area contributed by atoms with E-state index in [-0.39, 0.29) is 31.3 Å². The lowest BCUT2D eigenvalue weighted by Gasteiger charge is -2.37. The van der Waals surface area contributed by atoms with E-state index in [9.17, 15) is 22.4 Å². The molecule has 0 saturated carbocycles.